The normalized spacial score (nSPS) is 12.5. The predicted octanol–water partition coefficient (Wildman–Crippen LogP) is 17.7. The first-order chi connectivity index (χ1) is 37.2. The van der Waals surface area contributed by atoms with E-state index < -0.39 is 10.8 Å². The summed E-state index contributed by atoms with van der Waals surface area (Å²) in [6.07, 6.45) is 5.99. The van der Waals surface area contributed by atoms with Crippen LogP contribution in [0, 0.1) is 18.5 Å². The molecular formula is C73H70N4OPt-2. The summed E-state index contributed by atoms with van der Waals surface area (Å²) in [5.41, 5.74) is 13.5. The molecule has 0 radical (unpaired) electrons. The molecule has 0 spiro atoms. The molecule has 0 N–H and O–H groups in total. The molecule has 11 rings (SSSR count). The molecule has 11 aromatic rings. The van der Waals surface area contributed by atoms with Gasteiger partial charge in [-0.05, 0) is 85.6 Å². The second kappa shape index (κ2) is 20.9. The maximum atomic E-state index is 7.30. The Hall–Kier alpha value is -7.59. The predicted molar refractivity (Wildman–Crippen MR) is 321 cm³/mol. The molecule has 400 valence electrons. The van der Waals surface area contributed by atoms with Crippen molar-refractivity contribution < 1.29 is 30.4 Å². The van der Waals surface area contributed by atoms with E-state index in [1.165, 1.54) is 27.8 Å². The Balaban J connectivity index is 0.00000704. The number of benzene rings is 8. The number of fused-ring (bicyclic) bond motifs is 3. The fourth-order valence-corrected chi connectivity index (χ4v) is 11.5. The maximum absolute atomic E-state index is 7.30. The van der Waals surface area contributed by atoms with Gasteiger partial charge < -0.3 is 13.9 Å². The average Bonchev–Trinajstić information content (AvgIpc) is 4.23. The molecule has 3 heterocycles. The summed E-state index contributed by atoms with van der Waals surface area (Å²) in [4.78, 5) is 5.03. The average molecular weight is 1210 g/mol. The zero-order chi connectivity index (χ0) is 54.8. The molecule has 3 aromatic heterocycles. The zero-order valence-electron chi connectivity index (χ0n) is 47.6. The van der Waals surface area contributed by atoms with Gasteiger partial charge in [-0.1, -0.05) is 246 Å². The molecule has 79 heavy (non-hydrogen) atoms. The van der Waals surface area contributed by atoms with Gasteiger partial charge in [0.15, 0.2) is 0 Å². The summed E-state index contributed by atoms with van der Waals surface area (Å²) in [7, 11) is 0. The zero-order valence-corrected chi connectivity index (χ0v) is 49.9. The standard InChI is InChI=1S/C73H70N4O.Pt/c1-69(2,3)55-40-41-74-65(45-55)77-63-39-26-25-38-61(63)66-62(70(4,5)6)47-60(48-64(66)77)78-59-43-51(50-28-17-13-18-29-50)42-58(46-59)76-49-75(57-37-27-36-56(44-57)71(7,8)52-30-19-14-20-31-52)67(72(9,10)53-32-21-15-22-33-53)68(76)73(11,12)54-34-23-16-24-35-54;/h13-45,47H,1-12H3;/q-2;. The first kappa shape index (κ1) is 54.8. The third kappa shape index (κ3) is 10.2. The number of hydrogen-bond donors (Lipinski definition) is 0. The van der Waals surface area contributed by atoms with Crippen LogP contribution in [0.2, 0.25) is 0 Å². The largest absolute Gasteiger partial charge is 0.510 e. The minimum Gasteiger partial charge on any atom is -0.510 e. The summed E-state index contributed by atoms with van der Waals surface area (Å²) in [6, 6.07) is 79.4. The summed E-state index contributed by atoms with van der Waals surface area (Å²) in [5, 5.41) is 2.29. The first-order valence-corrected chi connectivity index (χ1v) is 27.4. The molecule has 0 bridgehead atoms. The van der Waals surface area contributed by atoms with Crippen molar-refractivity contribution in [3.05, 3.63) is 270 Å². The molecule has 8 aromatic carbocycles. The van der Waals surface area contributed by atoms with Crippen LogP contribution in [0.3, 0.4) is 0 Å². The quantitative estimate of drug-likeness (QED) is 0.0903. The van der Waals surface area contributed by atoms with Gasteiger partial charge in [0.05, 0.1) is 17.1 Å². The van der Waals surface area contributed by atoms with E-state index in [2.05, 4.69) is 315 Å². The molecule has 0 saturated heterocycles. The van der Waals surface area contributed by atoms with E-state index in [1.807, 2.05) is 6.20 Å². The molecular weight excluding hydrogens is 1140 g/mol. The van der Waals surface area contributed by atoms with E-state index in [9.17, 15) is 0 Å². The van der Waals surface area contributed by atoms with Crippen molar-refractivity contribution in [2.75, 3.05) is 0 Å². The minimum absolute atomic E-state index is 0. The van der Waals surface area contributed by atoms with Crippen molar-refractivity contribution in [3.63, 3.8) is 0 Å². The molecule has 0 atom stereocenters. The van der Waals surface area contributed by atoms with Gasteiger partial charge in [-0.25, -0.2) is 4.98 Å². The number of ether oxygens (including phenoxy) is 1. The monoisotopic (exact) mass is 1210 g/mol. The molecule has 0 aliphatic heterocycles. The Morgan fingerprint density at radius 3 is 1.65 bits per heavy atom. The number of nitrogens with zero attached hydrogens (tertiary/aromatic N) is 4. The molecule has 0 saturated carbocycles. The van der Waals surface area contributed by atoms with Crippen molar-refractivity contribution in [1.82, 2.24) is 14.1 Å². The van der Waals surface area contributed by atoms with Crippen LogP contribution in [0.1, 0.15) is 128 Å². The van der Waals surface area contributed by atoms with E-state index in [-0.39, 0.29) is 37.3 Å². The number of aromatic nitrogens is 4. The SMILES string of the molecule is CC(C)(C)c1ccnc(-n2c3[c-]c(Oc4[c-]c(-n5[c-][n+](-c6cccc(C(C)(C)c7ccccc7)c6)c(C(C)(C)c6ccccc6)c5C(C)(C)c5ccccc5)cc(-c5ccccc5)c4)cc(C(C)(C)C)c3c3ccccc32)c1.[Pt]. The topological polar surface area (TPSA) is 35.9 Å². The molecule has 0 amide bonds. The summed E-state index contributed by atoms with van der Waals surface area (Å²) in [6.45, 7) is 27.6. The van der Waals surface area contributed by atoms with Gasteiger partial charge in [0.25, 0.3) is 6.33 Å². The van der Waals surface area contributed by atoms with Gasteiger partial charge in [0, 0.05) is 60.5 Å². The summed E-state index contributed by atoms with van der Waals surface area (Å²) >= 11 is 0. The fourth-order valence-electron chi connectivity index (χ4n) is 11.5. The number of imidazole rings is 1. The second-order valence-corrected chi connectivity index (χ2v) is 24.6. The van der Waals surface area contributed by atoms with Crippen molar-refractivity contribution in [3.8, 4) is 39.8 Å². The van der Waals surface area contributed by atoms with Crippen molar-refractivity contribution in [2.24, 2.45) is 0 Å². The Labute approximate surface area is 482 Å². The van der Waals surface area contributed by atoms with Crippen LogP contribution in [-0.2, 0) is 48.1 Å². The Morgan fingerprint density at radius 2 is 1.03 bits per heavy atom. The van der Waals surface area contributed by atoms with Gasteiger partial charge in [-0.15, -0.1) is 35.4 Å². The van der Waals surface area contributed by atoms with Crippen LogP contribution in [0.15, 0.2) is 206 Å². The van der Waals surface area contributed by atoms with E-state index in [4.69, 9.17) is 9.72 Å². The van der Waals surface area contributed by atoms with E-state index in [0.29, 0.717) is 11.5 Å². The van der Waals surface area contributed by atoms with Crippen molar-refractivity contribution in [2.45, 2.75) is 110 Å². The van der Waals surface area contributed by atoms with Gasteiger partial charge in [-0.3, -0.25) is 4.57 Å². The number of rotatable bonds is 12. The Kier molecular flexibility index (Phi) is 14.5. The van der Waals surface area contributed by atoms with Crippen LogP contribution >= 0.6 is 0 Å². The van der Waals surface area contributed by atoms with Crippen molar-refractivity contribution in [1.29, 1.82) is 0 Å². The van der Waals surface area contributed by atoms with E-state index in [0.717, 1.165) is 67.1 Å². The van der Waals surface area contributed by atoms with Gasteiger partial charge in [0.2, 0.25) is 0 Å². The van der Waals surface area contributed by atoms with E-state index >= 15 is 0 Å². The molecule has 6 heteroatoms. The van der Waals surface area contributed by atoms with Crippen LogP contribution in [0.4, 0.5) is 0 Å². The van der Waals surface area contributed by atoms with Gasteiger partial charge in [0.1, 0.15) is 5.82 Å². The Morgan fingerprint density at radius 1 is 0.468 bits per heavy atom. The number of hydrogen-bond acceptors (Lipinski definition) is 2. The summed E-state index contributed by atoms with van der Waals surface area (Å²) < 4.78 is 14.1. The smallest absolute Gasteiger partial charge is 0.267 e. The van der Waals surface area contributed by atoms with Crippen LogP contribution in [0.25, 0.3) is 50.1 Å². The number of para-hydroxylation sites is 1. The maximum Gasteiger partial charge on any atom is 0.267 e. The fraction of sp³-hybridized carbons (Fsp3) is 0.233. The van der Waals surface area contributed by atoms with Crippen molar-refractivity contribution >= 4 is 21.8 Å². The van der Waals surface area contributed by atoms with Crippen LogP contribution in [-0.4, -0.2) is 14.1 Å². The van der Waals surface area contributed by atoms with E-state index in [1.54, 1.807) is 0 Å². The van der Waals surface area contributed by atoms with Crippen LogP contribution < -0.4 is 9.30 Å². The molecule has 5 nitrogen and oxygen atoms in total. The molecule has 0 aliphatic rings. The Bertz CT molecular complexity index is 3970. The third-order valence-electron chi connectivity index (χ3n) is 16.1. The second-order valence-electron chi connectivity index (χ2n) is 24.6. The first-order valence-electron chi connectivity index (χ1n) is 27.4. The van der Waals surface area contributed by atoms with Gasteiger partial charge in [-0.2, -0.15) is 6.07 Å². The van der Waals surface area contributed by atoms with Crippen LogP contribution in [0.5, 0.6) is 11.5 Å². The van der Waals surface area contributed by atoms with Gasteiger partial charge >= 0.3 is 0 Å². The molecule has 0 unspecified atom stereocenters. The molecule has 0 fully saturated rings. The number of pyridine rings is 1. The third-order valence-corrected chi connectivity index (χ3v) is 16.1. The minimum atomic E-state index is -0.560. The summed E-state index contributed by atoms with van der Waals surface area (Å²) in [5.74, 6) is 2.00. The molecule has 0 aliphatic carbocycles.